The van der Waals surface area contributed by atoms with Crippen LogP contribution in [0.2, 0.25) is 0 Å². The molecule has 0 bridgehead atoms. The van der Waals surface area contributed by atoms with E-state index >= 15 is 0 Å². The third-order valence-electron chi connectivity index (χ3n) is 5.34. The fourth-order valence-corrected chi connectivity index (χ4v) is 4.59. The average Bonchev–Trinajstić information content (AvgIpc) is 3.47. The van der Waals surface area contributed by atoms with Crippen molar-refractivity contribution < 1.29 is 18.7 Å². The third-order valence-corrected chi connectivity index (χ3v) is 6.25. The van der Waals surface area contributed by atoms with E-state index in [4.69, 9.17) is 9.47 Å². The van der Waals surface area contributed by atoms with Crippen molar-refractivity contribution in [3.05, 3.63) is 71.0 Å². The van der Waals surface area contributed by atoms with Crippen LogP contribution in [0.3, 0.4) is 0 Å². The fraction of sp³-hybridized carbons (Fsp3) is 0.250. The van der Waals surface area contributed by atoms with E-state index in [9.17, 15) is 9.18 Å². The summed E-state index contributed by atoms with van der Waals surface area (Å²) in [5, 5.41) is 2.67. The molecule has 2 aromatic carbocycles. The van der Waals surface area contributed by atoms with E-state index in [-0.39, 0.29) is 17.8 Å². The predicted octanol–water partition coefficient (Wildman–Crippen LogP) is 5.34. The van der Waals surface area contributed by atoms with E-state index in [1.165, 1.54) is 23.5 Å². The molecule has 0 aliphatic carbocycles. The van der Waals surface area contributed by atoms with E-state index in [0.29, 0.717) is 12.2 Å². The summed E-state index contributed by atoms with van der Waals surface area (Å²) < 4.78 is 24.0. The first-order valence-electron chi connectivity index (χ1n) is 10.0. The number of aromatic nitrogens is 1. The highest BCUT2D eigenvalue weighted by Crippen LogP contribution is 2.39. The number of carbonyl (C=O) groups excluding carboxylic acids is 1. The minimum absolute atomic E-state index is 0.0626. The summed E-state index contributed by atoms with van der Waals surface area (Å²) in [6.07, 6.45) is 5.09. The summed E-state index contributed by atoms with van der Waals surface area (Å²) in [5.74, 6) is 1.14. The molecule has 31 heavy (non-hydrogen) atoms. The number of hydrogen-bond acceptors (Lipinski definition) is 5. The Morgan fingerprint density at radius 2 is 2.00 bits per heavy atom. The summed E-state index contributed by atoms with van der Waals surface area (Å²) in [6.45, 7) is 0.687. The van der Waals surface area contributed by atoms with Crippen LogP contribution >= 0.6 is 11.3 Å². The Bertz CT molecular complexity index is 1090. The predicted molar refractivity (Wildman–Crippen MR) is 120 cm³/mol. The Balaban J connectivity index is 1.51. The summed E-state index contributed by atoms with van der Waals surface area (Å²) >= 11 is 1.46. The van der Waals surface area contributed by atoms with Crippen LogP contribution in [0.4, 0.5) is 4.39 Å². The maximum atomic E-state index is 13.1. The number of benzene rings is 2. The van der Waals surface area contributed by atoms with Crippen LogP contribution in [0.1, 0.15) is 30.1 Å². The first-order chi connectivity index (χ1) is 15.1. The van der Waals surface area contributed by atoms with Gasteiger partial charge in [-0.15, -0.1) is 11.3 Å². The van der Waals surface area contributed by atoms with Crippen molar-refractivity contribution in [1.29, 1.82) is 0 Å². The molecule has 0 radical (unpaired) electrons. The Hall–Kier alpha value is -3.19. The number of thiazole rings is 1. The van der Waals surface area contributed by atoms with Crippen LogP contribution < -0.4 is 9.47 Å². The second kappa shape index (κ2) is 9.31. The molecular weight excluding hydrogens is 415 g/mol. The number of hydrogen-bond donors (Lipinski definition) is 0. The highest BCUT2D eigenvalue weighted by molar-refractivity contribution is 7.13. The van der Waals surface area contributed by atoms with Gasteiger partial charge in [0.1, 0.15) is 22.3 Å². The van der Waals surface area contributed by atoms with Gasteiger partial charge in [-0.2, -0.15) is 0 Å². The van der Waals surface area contributed by atoms with Gasteiger partial charge in [-0.1, -0.05) is 0 Å². The zero-order chi connectivity index (χ0) is 21.8. The molecule has 3 aromatic rings. The second-order valence-corrected chi connectivity index (χ2v) is 8.07. The minimum atomic E-state index is -0.279. The molecule has 2 heterocycles. The van der Waals surface area contributed by atoms with E-state index in [0.717, 1.165) is 40.5 Å². The molecule has 1 amide bonds. The van der Waals surface area contributed by atoms with Gasteiger partial charge in [0, 0.05) is 29.1 Å². The monoisotopic (exact) mass is 438 g/mol. The number of carbonyl (C=O) groups is 1. The number of methoxy groups -OCH3 is 2. The topological polar surface area (TPSA) is 51.7 Å². The largest absolute Gasteiger partial charge is 0.497 e. The lowest BCUT2D eigenvalue weighted by Crippen LogP contribution is -2.29. The number of likely N-dealkylation sites (tertiary alicyclic amines) is 1. The maximum Gasteiger partial charge on any atom is 0.247 e. The molecule has 0 spiro atoms. The summed E-state index contributed by atoms with van der Waals surface area (Å²) in [6, 6.07) is 11.8. The van der Waals surface area contributed by atoms with Gasteiger partial charge in [-0.25, -0.2) is 9.37 Å². The molecule has 7 heteroatoms. The van der Waals surface area contributed by atoms with Crippen LogP contribution in [-0.2, 0) is 4.79 Å². The first-order valence-corrected chi connectivity index (χ1v) is 10.9. The lowest BCUT2D eigenvalue weighted by Gasteiger charge is -2.25. The van der Waals surface area contributed by atoms with Crippen molar-refractivity contribution in [2.24, 2.45) is 0 Å². The summed E-state index contributed by atoms with van der Waals surface area (Å²) in [5.41, 5.74) is 2.50. The highest BCUT2D eigenvalue weighted by Gasteiger charge is 2.31. The van der Waals surface area contributed by atoms with Crippen molar-refractivity contribution in [2.75, 3.05) is 20.8 Å². The maximum absolute atomic E-state index is 13.1. The Labute approximate surface area is 184 Å². The standard InChI is InChI=1S/C24H23FN2O3S/c1-29-19-10-11-22(30-2)20(14-19)21-4-3-13-27(21)23(28)12-9-18-15-31-24(26-18)16-5-7-17(25)8-6-16/h5-12,14-15,21H,3-4,13H2,1-2H3/b12-9+. The van der Waals surface area contributed by atoms with Gasteiger partial charge in [0.25, 0.3) is 0 Å². The van der Waals surface area contributed by atoms with E-state index in [1.54, 1.807) is 38.5 Å². The van der Waals surface area contributed by atoms with E-state index in [2.05, 4.69) is 4.98 Å². The average molecular weight is 439 g/mol. The van der Waals surface area contributed by atoms with Crippen molar-refractivity contribution in [3.8, 4) is 22.1 Å². The molecule has 5 nitrogen and oxygen atoms in total. The molecular formula is C24H23FN2O3S. The lowest BCUT2D eigenvalue weighted by atomic mass is 10.0. The SMILES string of the molecule is COc1ccc(OC)c(C2CCCN2C(=O)/C=C/c2csc(-c3ccc(F)cc3)n2)c1. The minimum Gasteiger partial charge on any atom is -0.497 e. The molecule has 1 aromatic heterocycles. The smallest absolute Gasteiger partial charge is 0.247 e. The molecule has 160 valence electrons. The Morgan fingerprint density at radius 3 is 2.74 bits per heavy atom. The summed E-state index contributed by atoms with van der Waals surface area (Å²) in [4.78, 5) is 19.4. The van der Waals surface area contributed by atoms with Gasteiger partial charge < -0.3 is 14.4 Å². The molecule has 1 saturated heterocycles. The number of nitrogens with zero attached hydrogens (tertiary/aromatic N) is 2. The molecule has 0 saturated carbocycles. The molecule has 1 aliphatic rings. The normalized spacial score (nSPS) is 16.1. The quantitative estimate of drug-likeness (QED) is 0.487. The van der Waals surface area contributed by atoms with Gasteiger partial charge >= 0.3 is 0 Å². The van der Waals surface area contributed by atoms with Gasteiger partial charge in [0.2, 0.25) is 5.91 Å². The molecule has 1 fully saturated rings. The van der Waals surface area contributed by atoms with Gasteiger partial charge in [0.15, 0.2) is 0 Å². The van der Waals surface area contributed by atoms with E-state index in [1.807, 2.05) is 28.5 Å². The van der Waals surface area contributed by atoms with Crippen molar-refractivity contribution >= 4 is 23.3 Å². The number of amides is 1. The molecule has 1 atom stereocenters. The van der Waals surface area contributed by atoms with E-state index < -0.39 is 0 Å². The Kier molecular flexibility index (Phi) is 6.32. The third kappa shape index (κ3) is 4.61. The number of ether oxygens (including phenoxy) is 2. The molecule has 1 aliphatic heterocycles. The van der Waals surface area contributed by atoms with Crippen LogP contribution in [-0.4, -0.2) is 36.6 Å². The van der Waals surface area contributed by atoms with Crippen molar-refractivity contribution in [2.45, 2.75) is 18.9 Å². The molecule has 4 rings (SSSR count). The van der Waals surface area contributed by atoms with Gasteiger partial charge in [0.05, 0.1) is 26.0 Å². The highest BCUT2D eigenvalue weighted by atomic mass is 32.1. The fourth-order valence-electron chi connectivity index (χ4n) is 3.79. The Morgan fingerprint density at radius 1 is 1.19 bits per heavy atom. The van der Waals surface area contributed by atoms with Crippen LogP contribution in [0.5, 0.6) is 11.5 Å². The van der Waals surface area contributed by atoms with Gasteiger partial charge in [-0.3, -0.25) is 4.79 Å². The molecule has 1 unspecified atom stereocenters. The summed E-state index contributed by atoms with van der Waals surface area (Å²) in [7, 11) is 3.26. The lowest BCUT2D eigenvalue weighted by molar-refractivity contribution is -0.126. The second-order valence-electron chi connectivity index (χ2n) is 7.22. The first kappa shape index (κ1) is 21.1. The van der Waals surface area contributed by atoms with Crippen LogP contribution in [0, 0.1) is 5.82 Å². The zero-order valence-electron chi connectivity index (χ0n) is 17.4. The zero-order valence-corrected chi connectivity index (χ0v) is 18.2. The number of halogens is 1. The van der Waals surface area contributed by atoms with Crippen molar-refractivity contribution in [3.63, 3.8) is 0 Å². The van der Waals surface area contributed by atoms with Crippen LogP contribution in [0.25, 0.3) is 16.6 Å². The number of rotatable bonds is 6. The molecule has 0 N–H and O–H groups in total. The van der Waals surface area contributed by atoms with Crippen LogP contribution in [0.15, 0.2) is 53.9 Å². The van der Waals surface area contributed by atoms with Gasteiger partial charge in [-0.05, 0) is 61.4 Å². The van der Waals surface area contributed by atoms with Crippen molar-refractivity contribution in [1.82, 2.24) is 9.88 Å².